The fourth-order valence-corrected chi connectivity index (χ4v) is 3.34. The second-order valence-electron chi connectivity index (χ2n) is 6.88. The van der Waals surface area contributed by atoms with Crippen LogP contribution in [-0.2, 0) is 6.54 Å². The lowest BCUT2D eigenvalue weighted by molar-refractivity contribution is 0.0951. The van der Waals surface area contributed by atoms with Crippen molar-refractivity contribution in [2.75, 3.05) is 7.11 Å². The Hall–Kier alpha value is -3.71. The summed E-state index contributed by atoms with van der Waals surface area (Å²) < 4.78 is 12.2. The summed E-state index contributed by atoms with van der Waals surface area (Å²) in [5.74, 6) is 1.39. The molecular formula is C25H20BrN3O3. The molecule has 1 heterocycles. The van der Waals surface area contributed by atoms with E-state index in [4.69, 9.17) is 9.47 Å². The number of amides is 1. The lowest BCUT2D eigenvalue weighted by Gasteiger charge is -2.10. The van der Waals surface area contributed by atoms with Gasteiger partial charge in [-0.25, -0.2) is 9.97 Å². The van der Waals surface area contributed by atoms with Crippen LogP contribution in [0.3, 0.4) is 0 Å². The van der Waals surface area contributed by atoms with Gasteiger partial charge in [-0.3, -0.25) is 4.79 Å². The van der Waals surface area contributed by atoms with Crippen LogP contribution >= 0.6 is 15.9 Å². The number of benzene rings is 3. The van der Waals surface area contributed by atoms with Gasteiger partial charge in [-0.15, -0.1) is 0 Å². The number of nitrogens with one attached hydrogen (secondary N) is 1. The number of hydrogen-bond donors (Lipinski definition) is 1. The third kappa shape index (κ3) is 5.31. The topological polar surface area (TPSA) is 73.3 Å². The van der Waals surface area contributed by atoms with Crippen molar-refractivity contribution in [2.45, 2.75) is 6.54 Å². The summed E-state index contributed by atoms with van der Waals surface area (Å²) in [4.78, 5) is 21.2. The summed E-state index contributed by atoms with van der Waals surface area (Å²) in [5, 5.41) is 2.94. The number of hydrogen-bond acceptors (Lipinski definition) is 5. The summed E-state index contributed by atoms with van der Waals surface area (Å²) in [6.07, 6.45) is 1.43. The van der Waals surface area contributed by atoms with Crippen LogP contribution < -0.4 is 14.8 Å². The highest BCUT2D eigenvalue weighted by atomic mass is 79.9. The Kier molecular flexibility index (Phi) is 6.77. The van der Waals surface area contributed by atoms with Crippen molar-refractivity contribution >= 4 is 21.8 Å². The van der Waals surface area contributed by atoms with Gasteiger partial charge in [0.2, 0.25) is 5.88 Å². The Balaban J connectivity index is 1.49. The standard InChI is InChI=1S/C25H20BrN3O3/c1-31-22-7-2-3-8-23(22)32-24-14-21(28-16-29-24)18-5-4-6-19(13-18)25(30)27-15-17-9-11-20(26)12-10-17/h2-14,16H,15H2,1H3,(H,27,30). The number of methoxy groups -OCH3 is 1. The summed E-state index contributed by atoms with van der Waals surface area (Å²) in [7, 11) is 1.58. The summed E-state index contributed by atoms with van der Waals surface area (Å²) >= 11 is 3.41. The number of aromatic nitrogens is 2. The molecule has 32 heavy (non-hydrogen) atoms. The van der Waals surface area contributed by atoms with Crippen LogP contribution in [0.15, 0.2) is 89.7 Å². The van der Waals surface area contributed by atoms with Crippen LogP contribution in [0.25, 0.3) is 11.3 Å². The Morgan fingerprint density at radius 1 is 0.938 bits per heavy atom. The lowest BCUT2D eigenvalue weighted by atomic mass is 10.1. The van der Waals surface area contributed by atoms with Gasteiger partial charge in [0.25, 0.3) is 5.91 Å². The summed E-state index contributed by atoms with van der Waals surface area (Å²) in [6.45, 7) is 0.445. The van der Waals surface area contributed by atoms with Gasteiger partial charge in [0, 0.05) is 28.2 Å². The first-order chi connectivity index (χ1) is 15.6. The number of halogens is 1. The summed E-state index contributed by atoms with van der Waals surface area (Å²) in [6, 6.07) is 24.2. The van der Waals surface area contributed by atoms with E-state index in [-0.39, 0.29) is 5.91 Å². The predicted molar refractivity (Wildman–Crippen MR) is 126 cm³/mol. The van der Waals surface area contributed by atoms with E-state index in [1.165, 1.54) is 6.33 Å². The zero-order valence-electron chi connectivity index (χ0n) is 17.3. The zero-order chi connectivity index (χ0) is 22.3. The van der Waals surface area contributed by atoms with Gasteiger partial charge < -0.3 is 14.8 Å². The first-order valence-electron chi connectivity index (χ1n) is 9.88. The van der Waals surface area contributed by atoms with Gasteiger partial charge in [-0.1, -0.05) is 52.3 Å². The molecule has 0 radical (unpaired) electrons. The largest absolute Gasteiger partial charge is 0.493 e. The molecule has 1 aromatic heterocycles. The molecule has 0 aliphatic carbocycles. The van der Waals surface area contributed by atoms with Gasteiger partial charge >= 0.3 is 0 Å². The maximum Gasteiger partial charge on any atom is 0.251 e. The van der Waals surface area contributed by atoms with Gasteiger partial charge in [0.15, 0.2) is 11.5 Å². The third-order valence-corrected chi connectivity index (χ3v) is 5.24. The number of para-hydroxylation sites is 2. The fraction of sp³-hybridized carbons (Fsp3) is 0.0800. The van der Waals surface area contributed by atoms with Crippen LogP contribution in [0, 0.1) is 0 Å². The van der Waals surface area contributed by atoms with Crippen LogP contribution in [0.1, 0.15) is 15.9 Å². The maximum atomic E-state index is 12.7. The van der Waals surface area contributed by atoms with E-state index in [1.807, 2.05) is 54.6 Å². The molecule has 160 valence electrons. The molecule has 0 spiro atoms. The number of carbonyl (C=O) groups is 1. The Morgan fingerprint density at radius 3 is 2.50 bits per heavy atom. The normalized spacial score (nSPS) is 10.4. The zero-order valence-corrected chi connectivity index (χ0v) is 18.9. The highest BCUT2D eigenvalue weighted by Gasteiger charge is 2.10. The van der Waals surface area contributed by atoms with Crippen molar-refractivity contribution in [2.24, 2.45) is 0 Å². The molecule has 0 fully saturated rings. The van der Waals surface area contributed by atoms with Gasteiger partial charge in [0.1, 0.15) is 6.33 Å². The van der Waals surface area contributed by atoms with Crippen molar-refractivity contribution in [3.8, 4) is 28.6 Å². The van der Waals surface area contributed by atoms with Crippen LogP contribution in [0.2, 0.25) is 0 Å². The summed E-state index contributed by atoms with van der Waals surface area (Å²) in [5.41, 5.74) is 3.00. The monoisotopic (exact) mass is 489 g/mol. The maximum absolute atomic E-state index is 12.7. The van der Waals surface area contributed by atoms with E-state index >= 15 is 0 Å². The highest BCUT2D eigenvalue weighted by Crippen LogP contribution is 2.31. The van der Waals surface area contributed by atoms with Crippen LogP contribution in [0.5, 0.6) is 17.4 Å². The van der Waals surface area contributed by atoms with Crippen molar-refractivity contribution in [3.63, 3.8) is 0 Å². The molecule has 7 heteroatoms. The highest BCUT2D eigenvalue weighted by molar-refractivity contribution is 9.10. The SMILES string of the molecule is COc1ccccc1Oc1cc(-c2cccc(C(=O)NCc3ccc(Br)cc3)c2)ncn1. The molecule has 1 amide bonds. The molecule has 0 aliphatic heterocycles. The number of ether oxygens (including phenoxy) is 2. The Bertz CT molecular complexity index is 1230. The smallest absolute Gasteiger partial charge is 0.251 e. The second-order valence-corrected chi connectivity index (χ2v) is 7.80. The van der Waals surface area contributed by atoms with Crippen molar-refractivity contribution in [3.05, 3.63) is 101 Å². The molecule has 0 saturated carbocycles. The molecule has 0 atom stereocenters. The molecular weight excluding hydrogens is 470 g/mol. The van der Waals surface area contributed by atoms with E-state index < -0.39 is 0 Å². The average molecular weight is 490 g/mol. The van der Waals surface area contributed by atoms with E-state index in [2.05, 4.69) is 31.2 Å². The van der Waals surface area contributed by atoms with E-state index in [0.717, 1.165) is 15.6 Å². The van der Waals surface area contributed by atoms with E-state index in [9.17, 15) is 4.79 Å². The Labute approximate surface area is 194 Å². The van der Waals surface area contributed by atoms with E-state index in [0.29, 0.717) is 35.2 Å². The average Bonchev–Trinajstić information content (AvgIpc) is 2.84. The minimum Gasteiger partial charge on any atom is -0.493 e. The molecule has 4 rings (SSSR count). The predicted octanol–water partition coefficient (Wildman–Crippen LogP) is 5.64. The van der Waals surface area contributed by atoms with Crippen LogP contribution in [0.4, 0.5) is 0 Å². The minimum absolute atomic E-state index is 0.158. The van der Waals surface area contributed by atoms with Gasteiger partial charge in [0.05, 0.1) is 12.8 Å². The van der Waals surface area contributed by atoms with Crippen molar-refractivity contribution < 1.29 is 14.3 Å². The molecule has 0 unspecified atom stereocenters. The first-order valence-corrected chi connectivity index (χ1v) is 10.7. The van der Waals surface area contributed by atoms with E-state index in [1.54, 1.807) is 31.4 Å². The molecule has 1 N–H and O–H groups in total. The Morgan fingerprint density at radius 2 is 1.72 bits per heavy atom. The number of nitrogens with zero attached hydrogens (tertiary/aromatic N) is 2. The molecule has 0 saturated heterocycles. The minimum atomic E-state index is -0.158. The van der Waals surface area contributed by atoms with Gasteiger partial charge in [-0.05, 0) is 42.0 Å². The lowest BCUT2D eigenvalue weighted by Crippen LogP contribution is -2.22. The molecule has 3 aromatic carbocycles. The number of carbonyl (C=O) groups excluding carboxylic acids is 1. The van der Waals surface area contributed by atoms with Crippen LogP contribution in [-0.4, -0.2) is 23.0 Å². The molecule has 0 bridgehead atoms. The fourth-order valence-electron chi connectivity index (χ4n) is 3.08. The first kappa shape index (κ1) is 21.5. The number of rotatable bonds is 7. The molecule has 6 nitrogen and oxygen atoms in total. The van der Waals surface area contributed by atoms with Gasteiger partial charge in [-0.2, -0.15) is 0 Å². The molecule has 4 aromatic rings. The van der Waals surface area contributed by atoms with Crippen molar-refractivity contribution in [1.29, 1.82) is 0 Å². The molecule has 0 aliphatic rings. The third-order valence-electron chi connectivity index (χ3n) is 4.71. The second kappa shape index (κ2) is 10.1. The quantitative estimate of drug-likeness (QED) is 0.363. The van der Waals surface area contributed by atoms with Crippen molar-refractivity contribution in [1.82, 2.24) is 15.3 Å².